The molecule has 4 heteroatoms. The second-order valence-corrected chi connectivity index (χ2v) is 4.70. The highest BCUT2D eigenvalue weighted by atomic mass is 16.1. The van der Waals surface area contributed by atoms with Gasteiger partial charge in [-0.15, -0.1) is 0 Å². The van der Waals surface area contributed by atoms with Crippen molar-refractivity contribution in [2.75, 3.05) is 32.7 Å². The molecule has 2 aliphatic heterocycles. The minimum atomic E-state index is -0.180. The number of amides is 1. The van der Waals surface area contributed by atoms with Crippen LogP contribution < -0.4 is 5.73 Å². The summed E-state index contributed by atoms with van der Waals surface area (Å²) in [6, 6.07) is 0.736. The van der Waals surface area contributed by atoms with Crippen LogP contribution in [0.2, 0.25) is 0 Å². The number of hydrogen-bond acceptors (Lipinski definition) is 3. The van der Waals surface area contributed by atoms with Crippen LogP contribution in [-0.4, -0.2) is 54.5 Å². The van der Waals surface area contributed by atoms with E-state index in [9.17, 15) is 4.79 Å². The molecular formula is C11H21N3O. The number of carbonyl (C=O) groups is 1. The molecule has 2 rings (SSSR count). The van der Waals surface area contributed by atoms with Crippen LogP contribution in [0.25, 0.3) is 0 Å². The van der Waals surface area contributed by atoms with E-state index in [1.54, 1.807) is 0 Å². The molecule has 86 valence electrons. The van der Waals surface area contributed by atoms with Gasteiger partial charge in [0.1, 0.15) is 0 Å². The Morgan fingerprint density at radius 2 is 2.13 bits per heavy atom. The number of rotatable bonds is 3. The van der Waals surface area contributed by atoms with E-state index in [-0.39, 0.29) is 5.91 Å². The first-order valence-electron chi connectivity index (χ1n) is 6.00. The molecule has 0 radical (unpaired) electrons. The molecule has 0 aromatic rings. The molecule has 2 heterocycles. The summed E-state index contributed by atoms with van der Waals surface area (Å²) < 4.78 is 0. The third-order valence-electron chi connectivity index (χ3n) is 3.60. The highest BCUT2D eigenvalue weighted by Gasteiger charge is 2.28. The molecule has 1 unspecified atom stereocenters. The molecule has 0 spiro atoms. The molecule has 0 saturated carbocycles. The standard InChI is InChI=1S/C11H21N3O/c12-11(15)4-6-13-7-8-14-5-2-1-3-10(14)9-13/h10H,1-9H2,(H2,12,15). The average Bonchev–Trinajstić information content (AvgIpc) is 2.26. The molecular weight excluding hydrogens is 190 g/mol. The number of piperidine rings is 1. The zero-order valence-corrected chi connectivity index (χ0v) is 9.32. The number of carbonyl (C=O) groups excluding carboxylic acids is 1. The van der Waals surface area contributed by atoms with Crippen LogP contribution >= 0.6 is 0 Å². The van der Waals surface area contributed by atoms with E-state index < -0.39 is 0 Å². The topological polar surface area (TPSA) is 49.6 Å². The van der Waals surface area contributed by atoms with Crippen LogP contribution in [0.5, 0.6) is 0 Å². The zero-order chi connectivity index (χ0) is 10.7. The summed E-state index contributed by atoms with van der Waals surface area (Å²) in [5.41, 5.74) is 5.17. The van der Waals surface area contributed by atoms with Gasteiger partial charge in [-0.1, -0.05) is 6.42 Å². The van der Waals surface area contributed by atoms with Crippen LogP contribution in [0.3, 0.4) is 0 Å². The quantitative estimate of drug-likeness (QED) is 0.716. The highest BCUT2D eigenvalue weighted by molar-refractivity contribution is 5.73. The van der Waals surface area contributed by atoms with Crippen molar-refractivity contribution in [2.24, 2.45) is 5.73 Å². The van der Waals surface area contributed by atoms with Gasteiger partial charge in [0.2, 0.25) is 5.91 Å². The molecule has 2 saturated heterocycles. The van der Waals surface area contributed by atoms with Crippen LogP contribution in [0.4, 0.5) is 0 Å². The van der Waals surface area contributed by atoms with Crippen molar-refractivity contribution in [1.29, 1.82) is 0 Å². The molecule has 15 heavy (non-hydrogen) atoms. The third kappa shape index (κ3) is 2.92. The van der Waals surface area contributed by atoms with Crippen molar-refractivity contribution in [3.05, 3.63) is 0 Å². The molecule has 0 aliphatic carbocycles. The van der Waals surface area contributed by atoms with Gasteiger partial charge in [-0.25, -0.2) is 0 Å². The largest absolute Gasteiger partial charge is 0.370 e. The third-order valence-corrected chi connectivity index (χ3v) is 3.60. The molecule has 2 fully saturated rings. The van der Waals surface area contributed by atoms with Crippen molar-refractivity contribution in [2.45, 2.75) is 31.7 Å². The van der Waals surface area contributed by atoms with Gasteiger partial charge < -0.3 is 5.73 Å². The Bertz CT molecular complexity index is 232. The summed E-state index contributed by atoms with van der Waals surface area (Å²) >= 11 is 0. The van der Waals surface area contributed by atoms with Gasteiger partial charge in [0.25, 0.3) is 0 Å². The molecule has 2 aliphatic rings. The molecule has 0 aromatic heterocycles. The van der Waals surface area contributed by atoms with E-state index in [1.807, 2.05) is 0 Å². The zero-order valence-electron chi connectivity index (χ0n) is 9.32. The number of piperazine rings is 1. The number of hydrogen-bond donors (Lipinski definition) is 1. The fourth-order valence-corrected chi connectivity index (χ4v) is 2.69. The number of nitrogens with zero attached hydrogens (tertiary/aromatic N) is 2. The summed E-state index contributed by atoms with van der Waals surface area (Å²) in [6.45, 7) is 5.52. The van der Waals surface area contributed by atoms with E-state index in [0.717, 1.165) is 25.7 Å². The van der Waals surface area contributed by atoms with E-state index in [0.29, 0.717) is 6.42 Å². The van der Waals surface area contributed by atoms with E-state index in [1.165, 1.54) is 32.4 Å². The normalized spacial score (nSPS) is 28.7. The molecule has 0 aromatic carbocycles. The fraction of sp³-hybridized carbons (Fsp3) is 0.909. The van der Waals surface area contributed by atoms with Gasteiger partial charge >= 0.3 is 0 Å². The molecule has 1 atom stereocenters. The maximum atomic E-state index is 10.7. The number of fused-ring (bicyclic) bond motifs is 1. The Labute approximate surface area is 91.4 Å². The van der Waals surface area contributed by atoms with Crippen LogP contribution in [-0.2, 0) is 4.79 Å². The molecule has 2 N–H and O–H groups in total. The van der Waals surface area contributed by atoms with Gasteiger partial charge in [-0.3, -0.25) is 14.6 Å². The second-order valence-electron chi connectivity index (χ2n) is 4.70. The van der Waals surface area contributed by atoms with Gasteiger partial charge in [-0.2, -0.15) is 0 Å². The first-order valence-corrected chi connectivity index (χ1v) is 6.00. The lowest BCUT2D eigenvalue weighted by Crippen LogP contribution is -2.55. The molecule has 4 nitrogen and oxygen atoms in total. The van der Waals surface area contributed by atoms with Crippen LogP contribution in [0.1, 0.15) is 25.7 Å². The monoisotopic (exact) mass is 211 g/mol. The Morgan fingerprint density at radius 1 is 1.27 bits per heavy atom. The summed E-state index contributed by atoms with van der Waals surface area (Å²) in [5.74, 6) is -0.180. The predicted octanol–water partition coefficient (Wildman–Crippen LogP) is 0.0319. The van der Waals surface area contributed by atoms with Crippen molar-refractivity contribution in [3.63, 3.8) is 0 Å². The van der Waals surface area contributed by atoms with Crippen molar-refractivity contribution >= 4 is 5.91 Å². The lowest BCUT2D eigenvalue weighted by molar-refractivity contribution is -0.118. The number of primary amides is 1. The minimum Gasteiger partial charge on any atom is -0.370 e. The van der Waals surface area contributed by atoms with E-state index >= 15 is 0 Å². The van der Waals surface area contributed by atoms with Gasteiger partial charge in [0.15, 0.2) is 0 Å². The SMILES string of the molecule is NC(=O)CCN1CCN2CCCCC2C1. The minimum absolute atomic E-state index is 0.180. The first-order chi connectivity index (χ1) is 7.25. The first kappa shape index (κ1) is 10.9. The maximum Gasteiger partial charge on any atom is 0.218 e. The highest BCUT2D eigenvalue weighted by Crippen LogP contribution is 2.20. The summed E-state index contributed by atoms with van der Waals surface area (Å²) in [4.78, 5) is 15.7. The van der Waals surface area contributed by atoms with Crippen LogP contribution in [0.15, 0.2) is 0 Å². The van der Waals surface area contributed by atoms with Gasteiger partial charge in [0, 0.05) is 38.6 Å². The van der Waals surface area contributed by atoms with Crippen molar-refractivity contribution < 1.29 is 4.79 Å². The van der Waals surface area contributed by atoms with Crippen molar-refractivity contribution in [1.82, 2.24) is 9.80 Å². The van der Waals surface area contributed by atoms with Gasteiger partial charge in [-0.05, 0) is 19.4 Å². The Morgan fingerprint density at radius 3 is 2.93 bits per heavy atom. The van der Waals surface area contributed by atoms with E-state index in [2.05, 4.69) is 9.80 Å². The molecule has 0 bridgehead atoms. The lowest BCUT2D eigenvalue weighted by Gasteiger charge is -2.44. The van der Waals surface area contributed by atoms with Gasteiger partial charge in [0.05, 0.1) is 0 Å². The summed E-state index contributed by atoms with van der Waals surface area (Å²) in [7, 11) is 0. The fourth-order valence-electron chi connectivity index (χ4n) is 2.69. The average molecular weight is 211 g/mol. The lowest BCUT2D eigenvalue weighted by atomic mass is 9.99. The number of nitrogens with two attached hydrogens (primary N) is 1. The Kier molecular flexibility index (Phi) is 3.59. The summed E-state index contributed by atoms with van der Waals surface area (Å²) in [6.07, 6.45) is 4.56. The van der Waals surface area contributed by atoms with Crippen LogP contribution in [0, 0.1) is 0 Å². The van der Waals surface area contributed by atoms with E-state index in [4.69, 9.17) is 5.73 Å². The maximum absolute atomic E-state index is 10.7. The molecule has 1 amide bonds. The van der Waals surface area contributed by atoms with Crippen molar-refractivity contribution in [3.8, 4) is 0 Å². The Hall–Kier alpha value is -0.610. The predicted molar refractivity (Wildman–Crippen MR) is 59.5 cm³/mol. The summed E-state index contributed by atoms with van der Waals surface area (Å²) in [5, 5.41) is 0. The second kappa shape index (κ2) is 4.94. The Balaban J connectivity index is 1.78. The smallest absolute Gasteiger partial charge is 0.218 e.